The average Bonchev–Trinajstić information content (AvgIpc) is 3.18. The fourth-order valence-electron chi connectivity index (χ4n) is 6.64. The third-order valence-electron chi connectivity index (χ3n) is 9.52. The monoisotopic (exact) mass is 767 g/mol. The quantitative estimate of drug-likeness (QED) is 0.0800. The summed E-state index contributed by atoms with van der Waals surface area (Å²) in [6.07, 6.45) is -0.0513. The van der Waals surface area contributed by atoms with E-state index in [2.05, 4.69) is 10.6 Å². The Labute approximate surface area is 322 Å². The second-order valence-electron chi connectivity index (χ2n) is 13.4. The number of aromatic carboxylic acids is 2. The molecule has 2 heterocycles. The van der Waals surface area contributed by atoms with Crippen molar-refractivity contribution in [1.82, 2.24) is 10.6 Å². The second kappa shape index (κ2) is 15.2. The lowest BCUT2D eigenvalue weighted by atomic mass is 9.89. The molecular weight excluding hydrogens is 734 g/mol. The Morgan fingerprint density at radius 1 is 0.702 bits per heavy atom. The molecule has 14 nitrogen and oxygen atoms in total. The van der Waals surface area contributed by atoms with Crippen LogP contribution in [0.5, 0.6) is 5.75 Å². The summed E-state index contributed by atoms with van der Waals surface area (Å²) in [4.78, 5) is 76.7. The molecule has 0 spiro atoms. The molecular formula is C43H33N3O11. The molecule has 1 aromatic heterocycles. The average molecular weight is 768 g/mol. The van der Waals surface area contributed by atoms with Gasteiger partial charge in [-0.3, -0.25) is 14.4 Å². The Morgan fingerprint density at radius 3 is 2.14 bits per heavy atom. The Hall–Kier alpha value is -7.74. The van der Waals surface area contributed by atoms with Gasteiger partial charge in [0.15, 0.2) is 5.43 Å². The zero-order chi connectivity index (χ0) is 40.5. The Balaban J connectivity index is 1.10. The molecule has 4 aromatic carbocycles. The van der Waals surface area contributed by atoms with Crippen molar-refractivity contribution in [3.63, 3.8) is 0 Å². The minimum Gasteiger partial charge on any atom is -0.507 e. The van der Waals surface area contributed by atoms with E-state index in [-0.39, 0.29) is 70.3 Å². The number of hydrogen-bond acceptors (Lipinski definition) is 10. The van der Waals surface area contributed by atoms with Gasteiger partial charge in [-0.2, -0.15) is 0 Å². The van der Waals surface area contributed by atoms with E-state index in [9.17, 15) is 44.1 Å². The van der Waals surface area contributed by atoms with Gasteiger partial charge >= 0.3 is 17.6 Å². The Morgan fingerprint density at radius 2 is 1.42 bits per heavy atom. The predicted molar refractivity (Wildman–Crippen MR) is 210 cm³/mol. The first-order valence-corrected chi connectivity index (χ1v) is 17.5. The van der Waals surface area contributed by atoms with Crippen molar-refractivity contribution in [2.24, 2.45) is 0 Å². The molecule has 286 valence electrons. The molecule has 7 rings (SSSR count). The molecule has 5 aromatic rings. The molecule has 0 saturated carbocycles. The van der Waals surface area contributed by atoms with Crippen LogP contribution in [0.15, 0.2) is 115 Å². The van der Waals surface area contributed by atoms with Crippen molar-refractivity contribution < 1.29 is 43.3 Å². The van der Waals surface area contributed by atoms with Crippen LogP contribution in [-0.4, -0.2) is 53.2 Å². The van der Waals surface area contributed by atoms with Crippen LogP contribution in [0.1, 0.15) is 47.8 Å². The number of amides is 2. The normalized spacial score (nSPS) is 11.1. The molecule has 0 saturated heterocycles. The molecule has 2 amide bonds. The molecule has 0 atom stereocenters. The summed E-state index contributed by atoms with van der Waals surface area (Å²) < 4.78 is 11.5. The van der Waals surface area contributed by atoms with Crippen LogP contribution >= 0.6 is 0 Å². The van der Waals surface area contributed by atoms with Crippen LogP contribution in [0.3, 0.4) is 0 Å². The SMILES string of the molecule is CN(C)c1ccc2c(CC(=O)NCc3ccc(C(=O)NCc4c(O)ccc5c(-c6ccc(C(=O)O)cc6C(=O)O)c6ccc(=O)cc-6oc45)cc3)cc(=O)oc2c1. The van der Waals surface area contributed by atoms with Gasteiger partial charge in [-0.15, -0.1) is 0 Å². The number of fused-ring (bicyclic) bond motifs is 3. The van der Waals surface area contributed by atoms with Gasteiger partial charge in [0.05, 0.1) is 29.7 Å². The van der Waals surface area contributed by atoms with Crippen LogP contribution in [0.4, 0.5) is 5.69 Å². The zero-order valence-electron chi connectivity index (χ0n) is 30.4. The zero-order valence-corrected chi connectivity index (χ0v) is 30.4. The number of phenols is 1. The molecule has 0 bridgehead atoms. The van der Waals surface area contributed by atoms with Gasteiger partial charge < -0.3 is 39.7 Å². The molecule has 57 heavy (non-hydrogen) atoms. The highest BCUT2D eigenvalue weighted by molar-refractivity contribution is 6.09. The number of rotatable bonds is 11. The van der Waals surface area contributed by atoms with E-state index in [1.807, 2.05) is 25.1 Å². The van der Waals surface area contributed by atoms with Crippen molar-refractivity contribution in [3.8, 4) is 28.2 Å². The predicted octanol–water partition coefficient (Wildman–Crippen LogP) is 5.63. The maximum Gasteiger partial charge on any atom is 0.336 e. The molecule has 2 aliphatic rings. The van der Waals surface area contributed by atoms with E-state index in [1.54, 1.807) is 36.4 Å². The van der Waals surface area contributed by atoms with Crippen molar-refractivity contribution in [2.75, 3.05) is 19.0 Å². The van der Waals surface area contributed by atoms with Gasteiger partial charge in [0.1, 0.15) is 22.7 Å². The Bertz CT molecular complexity index is 2860. The van der Waals surface area contributed by atoms with Crippen LogP contribution in [0.25, 0.3) is 44.4 Å². The first kappa shape index (κ1) is 37.6. The molecule has 5 N–H and O–H groups in total. The molecule has 1 aliphatic carbocycles. The van der Waals surface area contributed by atoms with E-state index in [4.69, 9.17) is 8.83 Å². The molecule has 1 aliphatic heterocycles. The lowest BCUT2D eigenvalue weighted by Gasteiger charge is -2.19. The Kier molecular flexibility index (Phi) is 10.0. The number of carbonyl (C=O) groups excluding carboxylic acids is 2. The van der Waals surface area contributed by atoms with E-state index < -0.39 is 28.9 Å². The van der Waals surface area contributed by atoms with Gasteiger partial charge in [0.25, 0.3) is 5.91 Å². The summed E-state index contributed by atoms with van der Waals surface area (Å²) in [6, 6.07) is 23.7. The van der Waals surface area contributed by atoms with Gasteiger partial charge in [0, 0.05) is 72.0 Å². The van der Waals surface area contributed by atoms with E-state index in [0.717, 1.165) is 11.8 Å². The summed E-state index contributed by atoms with van der Waals surface area (Å²) in [5.74, 6) is -3.69. The smallest absolute Gasteiger partial charge is 0.336 e. The van der Waals surface area contributed by atoms with Crippen LogP contribution in [0.2, 0.25) is 0 Å². The van der Waals surface area contributed by atoms with E-state index in [0.29, 0.717) is 38.6 Å². The van der Waals surface area contributed by atoms with Crippen LogP contribution in [-0.2, 0) is 24.3 Å². The van der Waals surface area contributed by atoms with E-state index >= 15 is 0 Å². The summed E-state index contributed by atoms with van der Waals surface area (Å²) in [6.45, 7) is -0.0850. The highest BCUT2D eigenvalue weighted by Crippen LogP contribution is 2.43. The fraction of sp³-hybridized carbons (Fsp3) is 0.116. The maximum absolute atomic E-state index is 13.3. The highest BCUT2D eigenvalue weighted by atomic mass is 16.4. The minimum atomic E-state index is -1.38. The number of carbonyl (C=O) groups is 4. The van der Waals surface area contributed by atoms with Gasteiger partial charge in [0.2, 0.25) is 5.91 Å². The third kappa shape index (κ3) is 7.64. The van der Waals surface area contributed by atoms with Crippen molar-refractivity contribution in [3.05, 3.63) is 151 Å². The standard InChI is InChI=1S/C43H33N3O11/c1-46(2)26-8-11-28-25(17-38(50)56-35(28)18-26)16-37(49)44-20-22-3-5-23(6-4-22)41(51)45-21-33-34(48)14-13-31-39(30-12-9-27(47)19-36(30)57-40(31)33)29-10-7-24(42(52)53)15-32(29)43(54)55/h3-15,17-19,48H,16,20-21H2,1-2H3,(H,44,49)(H,45,51)(H,52,53)(H,54,55). The van der Waals surface area contributed by atoms with E-state index in [1.165, 1.54) is 48.5 Å². The maximum atomic E-state index is 13.3. The number of anilines is 1. The summed E-state index contributed by atoms with van der Waals surface area (Å²) in [5, 5.41) is 37.1. The topological polar surface area (TPSA) is 217 Å². The highest BCUT2D eigenvalue weighted by Gasteiger charge is 2.25. The number of carboxylic acids is 2. The lowest BCUT2D eigenvalue weighted by molar-refractivity contribution is -0.120. The van der Waals surface area contributed by atoms with Gasteiger partial charge in [-0.05, 0) is 77.4 Å². The number of carboxylic acid groups (broad SMARTS) is 2. The van der Waals surface area contributed by atoms with Gasteiger partial charge in [-0.25, -0.2) is 14.4 Å². The minimum absolute atomic E-state index is 0.0513. The molecule has 0 radical (unpaired) electrons. The second-order valence-corrected chi connectivity index (χ2v) is 13.4. The van der Waals surface area contributed by atoms with Gasteiger partial charge in [-0.1, -0.05) is 18.2 Å². The first-order chi connectivity index (χ1) is 27.3. The summed E-state index contributed by atoms with van der Waals surface area (Å²) in [5.41, 5.74) is 2.26. The number of nitrogens with one attached hydrogen (secondary N) is 2. The van der Waals surface area contributed by atoms with Crippen LogP contribution < -0.4 is 26.6 Å². The van der Waals surface area contributed by atoms with Crippen molar-refractivity contribution >= 4 is 51.4 Å². The largest absolute Gasteiger partial charge is 0.507 e. The molecule has 14 heteroatoms. The molecule has 0 fully saturated rings. The first-order valence-electron chi connectivity index (χ1n) is 17.5. The number of benzene rings is 5. The lowest BCUT2D eigenvalue weighted by Crippen LogP contribution is -2.25. The summed E-state index contributed by atoms with van der Waals surface area (Å²) >= 11 is 0. The van der Waals surface area contributed by atoms with Crippen molar-refractivity contribution in [1.29, 1.82) is 0 Å². The molecule has 0 unspecified atom stereocenters. The third-order valence-corrected chi connectivity index (χ3v) is 9.52. The number of phenolic OH excluding ortho intramolecular Hbond substituents is 1. The van der Waals surface area contributed by atoms with Crippen molar-refractivity contribution in [2.45, 2.75) is 19.5 Å². The number of hydrogen-bond donors (Lipinski definition) is 5. The number of aromatic hydroxyl groups is 1. The fourth-order valence-corrected chi connectivity index (χ4v) is 6.64. The van der Waals surface area contributed by atoms with Crippen LogP contribution in [0, 0.1) is 0 Å². The number of nitrogens with zero attached hydrogens (tertiary/aromatic N) is 1. The summed E-state index contributed by atoms with van der Waals surface area (Å²) in [7, 11) is 3.73.